The predicted octanol–water partition coefficient (Wildman–Crippen LogP) is 2.30. The summed E-state index contributed by atoms with van der Waals surface area (Å²) < 4.78 is 4.92. The summed E-state index contributed by atoms with van der Waals surface area (Å²) in [4.78, 5) is 0. The maximum Gasteiger partial charge on any atom is 0.141 e. The number of nitrogen functional groups attached to an aromatic ring is 1. The first kappa shape index (κ1) is 15.3. The molecule has 0 aliphatic heterocycles. The van der Waals surface area contributed by atoms with Gasteiger partial charge >= 0.3 is 0 Å². The van der Waals surface area contributed by atoms with E-state index in [1.807, 2.05) is 18.2 Å². The van der Waals surface area contributed by atoms with Gasteiger partial charge in [-0.25, -0.2) is 0 Å². The molecule has 0 unspecified atom stereocenters. The van der Waals surface area contributed by atoms with Crippen LogP contribution in [0.15, 0.2) is 24.3 Å². The third-order valence-electron chi connectivity index (χ3n) is 1.14. The van der Waals surface area contributed by atoms with Crippen LogP contribution in [0, 0.1) is 0 Å². The molecule has 0 atom stereocenters. The van der Waals surface area contributed by atoms with E-state index in [9.17, 15) is 0 Å². The first-order valence-corrected chi connectivity index (χ1v) is 4.59. The molecule has 0 heterocycles. The normalized spacial score (nSPS) is 7.50. The van der Waals surface area contributed by atoms with E-state index in [-0.39, 0.29) is 0 Å². The minimum absolute atomic E-state index is 0.681. The molecule has 0 fully saturated rings. The monoisotopic (exact) mass is 199 g/mol. The van der Waals surface area contributed by atoms with Crippen LogP contribution in [0.2, 0.25) is 0 Å². The molecule has 0 radical (unpaired) electrons. The molecule has 0 spiro atoms. The Bertz CT molecular complexity index is 214. The van der Waals surface area contributed by atoms with Crippen LogP contribution in [-0.2, 0) is 0 Å². The number of nitrogens with two attached hydrogens (primary N) is 1. The van der Waals surface area contributed by atoms with Gasteiger partial charge < -0.3 is 15.6 Å². The number of hydrogen-bond donors (Lipinski definition) is 2. The summed E-state index contributed by atoms with van der Waals surface area (Å²) in [6, 6.07) is 7.39. The number of rotatable bonds is 1. The molecule has 0 aliphatic carbocycles. The summed E-state index contributed by atoms with van der Waals surface area (Å²) in [5.41, 5.74) is 6.19. The van der Waals surface area contributed by atoms with Crippen molar-refractivity contribution in [3.63, 3.8) is 0 Å². The van der Waals surface area contributed by atoms with Crippen LogP contribution in [0.1, 0.15) is 20.3 Å². The van der Waals surface area contributed by atoms with Gasteiger partial charge in [0, 0.05) is 7.11 Å². The average molecular weight is 199 g/mol. The van der Waals surface area contributed by atoms with Crippen LogP contribution in [0.5, 0.6) is 5.75 Å². The molecule has 0 saturated carbocycles. The topological polar surface area (TPSA) is 55.5 Å². The number of para-hydroxylation sites is 2. The van der Waals surface area contributed by atoms with Crippen molar-refractivity contribution in [2.45, 2.75) is 20.3 Å². The lowest BCUT2D eigenvalue weighted by atomic mass is 10.3. The van der Waals surface area contributed by atoms with Crippen molar-refractivity contribution in [3.05, 3.63) is 24.3 Å². The molecule has 0 aromatic heterocycles. The van der Waals surface area contributed by atoms with Gasteiger partial charge in [0.15, 0.2) is 0 Å². The molecule has 3 heteroatoms. The number of aliphatic hydroxyl groups excluding tert-OH is 1. The fourth-order valence-corrected chi connectivity index (χ4v) is 0.666. The molecule has 3 N–H and O–H groups in total. The SMILES string of the molecule is CCC.CO.COc1ccccc1N. The van der Waals surface area contributed by atoms with Crippen LogP contribution < -0.4 is 10.5 Å². The maximum absolute atomic E-state index is 7.00. The van der Waals surface area contributed by atoms with E-state index in [1.165, 1.54) is 6.42 Å². The van der Waals surface area contributed by atoms with Gasteiger partial charge in [-0.3, -0.25) is 0 Å². The number of benzene rings is 1. The summed E-state index contributed by atoms with van der Waals surface area (Å²) in [6.07, 6.45) is 1.25. The lowest BCUT2D eigenvalue weighted by Crippen LogP contribution is -1.89. The van der Waals surface area contributed by atoms with Crippen molar-refractivity contribution in [1.82, 2.24) is 0 Å². The zero-order chi connectivity index (χ0) is 11.4. The minimum Gasteiger partial charge on any atom is -0.495 e. The van der Waals surface area contributed by atoms with Gasteiger partial charge in [-0.05, 0) is 12.1 Å². The zero-order valence-electron chi connectivity index (χ0n) is 9.45. The van der Waals surface area contributed by atoms with Gasteiger partial charge in [0.05, 0.1) is 12.8 Å². The van der Waals surface area contributed by atoms with E-state index in [1.54, 1.807) is 13.2 Å². The van der Waals surface area contributed by atoms with Gasteiger partial charge in [0.2, 0.25) is 0 Å². The molecule has 0 aliphatic rings. The van der Waals surface area contributed by atoms with E-state index >= 15 is 0 Å². The Labute approximate surface area is 86.5 Å². The smallest absolute Gasteiger partial charge is 0.141 e. The molecule has 0 saturated heterocycles. The highest BCUT2D eigenvalue weighted by atomic mass is 16.5. The molecular formula is C11H21NO2. The number of methoxy groups -OCH3 is 1. The summed E-state index contributed by atoms with van der Waals surface area (Å²) >= 11 is 0. The highest BCUT2D eigenvalue weighted by Gasteiger charge is 1.91. The van der Waals surface area contributed by atoms with E-state index in [4.69, 9.17) is 15.6 Å². The summed E-state index contributed by atoms with van der Waals surface area (Å²) in [6.45, 7) is 4.25. The summed E-state index contributed by atoms with van der Waals surface area (Å²) in [5, 5.41) is 7.00. The van der Waals surface area contributed by atoms with Crippen molar-refractivity contribution in [2.24, 2.45) is 0 Å². The Morgan fingerprint density at radius 3 is 1.93 bits per heavy atom. The molecule has 1 aromatic rings. The average Bonchev–Trinajstić information content (AvgIpc) is 2.23. The van der Waals surface area contributed by atoms with E-state index < -0.39 is 0 Å². The second-order valence-electron chi connectivity index (χ2n) is 2.45. The fourth-order valence-electron chi connectivity index (χ4n) is 0.666. The Morgan fingerprint density at radius 1 is 1.21 bits per heavy atom. The Morgan fingerprint density at radius 2 is 1.64 bits per heavy atom. The molecule has 0 amide bonds. The number of aliphatic hydroxyl groups is 1. The quantitative estimate of drug-likeness (QED) is 0.682. The lowest BCUT2D eigenvalue weighted by molar-refractivity contribution is 0.399. The zero-order valence-corrected chi connectivity index (χ0v) is 9.45. The third-order valence-corrected chi connectivity index (χ3v) is 1.14. The number of anilines is 1. The first-order chi connectivity index (χ1) is 6.76. The largest absolute Gasteiger partial charge is 0.495 e. The van der Waals surface area contributed by atoms with Crippen molar-refractivity contribution in [1.29, 1.82) is 0 Å². The van der Waals surface area contributed by atoms with Crippen LogP contribution in [-0.4, -0.2) is 19.3 Å². The van der Waals surface area contributed by atoms with Gasteiger partial charge in [-0.15, -0.1) is 0 Å². The number of ether oxygens (including phenoxy) is 1. The first-order valence-electron chi connectivity index (χ1n) is 4.59. The van der Waals surface area contributed by atoms with Crippen molar-refractivity contribution in [2.75, 3.05) is 20.0 Å². The number of hydrogen-bond acceptors (Lipinski definition) is 3. The Balaban J connectivity index is 0. The van der Waals surface area contributed by atoms with Gasteiger partial charge in [-0.1, -0.05) is 32.4 Å². The molecular weight excluding hydrogens is 178 g/mol. The minimum atomic E-state index is 0.681. The maximum atomic E-state index is 7.00. The second kappa shape index (κ2) is 11.8. The summed E-state index contributed by atoms with van der Waals surface area (Å²) in [7, 11) is 2.60. The van der Waals surface area contributed by atoms with Crippen LogP contribution in [0.3, 0.4) is 0 Å². The highest BCUT2D eigenvalue weighted by Crippen LogP contribution is 2.18. The third kappa shape index (κ3) is 7.43. The van der Waals surface area contributed by atoms with Crippen LogP contribution >= 0.6 is 0 Å². The van der Waals surface area contributed by atoms with E-state index in [0.29, 0.717) is 5.69 Å². The van der Waals surface area contributed by atoms with Gasteiger partial charge in [-0.2, -0.15) is 0 Å². The molecule has 3 nitrogen and oxygen atoms in total. The Kier molecular flexibility index (Phi) is 12.8. The molecule has 0 bridgehead atoms. The van der Waals surface area contributed by atoms with Gasteiger partial charge in [0.25, 0.3) is 0 Å². The molecule has 14 heavy (non-hydrogen) atoms. The lowest BCUT2D eigenvalue weighted by Gasteiger charge is -2.00. The van der Waals surface area contributed by atoms with E-state index in [2.05, 4.69) is 13.8 Å². The van der Waals surface area contributed by atoms with Crippen LogP contribution in [0.25, 0.3) is 0 Å². The van der Waals surface area contributed by atoms with E-state index in [0.717, 1.165) is 12.9 Å². The second-order valence-corrected chi connectivity index (χ2v) is 2.45. The fraction of sp³-hybridized carbons (Fsp3) is 0.455. The van der Waals surface area contributed by atoms with Crippen molar-refractivity contribution in [3.8, 4) is 5.75 Å². The van der Waals surface area contributed by atoms with Gasteiger partial charge in [0.1, 0.15) is 5.75 Å². The molecule has 1 aromatic carbocycles. The molecule has 1 rings (SSSR count). The van der Waals surface area contributed by atoms with Crippen molar-refractivity contribution >= 4 is 5.69 Å². The standard InChI is InChI=1S/C7H9NO.C3H8.CH4O/c1-9-7-5-3-2-4-6(7)8;1-3-2;1-2/h2-5H,8H2,1H3;3H2,1-2H3;2H,1H3. The molecule has 82 valence electrons. The Hall–Kier alpha value is -1.22. The van der Waals surface area contributed by atoms with Crippen LogP contribution in [0.4, 0.5) is 5.69 Å². The highest BCUT2D eigenvalue weighted by molar-refractivity contribution is 5.51. The predicted molar refractivity (Wildman–Crippen MR) is 61.5 cm³/mol. The summed E-state index contributed by atoms with van der Waals surface area (Å²) in [5.74, 6) is 0.734. The van der Waals surface area contributed by atoms with Crippen molar-refractivity contribution < 1.29 is 9.84 Å².